The Morgan fingerprint density at radius 3 is 3.00 bits per heavy atom. The van der Waals surface area contributed by atoms with E-state index < -0.39 is 5.97 Å². The lowest BCUT2D eigenvalue weighted by atomic mass is 10.0. The Balaban J connectivity index is 1.59. The van der Waals surface area contributed by atoms with Gasteiger partial charge in [0.15, 0.2) is 0 Å². The van der Waals surface area contributed by atoms with Gasteiger partial charge in [0, 0.05) is 37.6 Å². The molecule has 3 heterocycles. The molecule has 1 N–H and O–H groups in total. The van der Waals surface area contributed by atoms with Crippen LogP contribution in [0.1, 0.15) is 28.3 Å². The molecule has 0 spiro atoms. The van der Waals surface area contributed by atoms with Crippen LogP contribution in [0.15, 0.2) is 23.8 Å². The van der Waals surface area contributed by atoms with Gasteiger partial charge in [-0.15, -0.1) is 11.3 Å². The predicted molar refractivity (Wildman–Crippen MR) is 86.8 cm³/mol. The number of urea groups is 1. The number of carbonyl (C=O) groups excluding carboxylic acids is 2. The standard InChI is InChI=1S/C15H18N4O3S/c1-18-7-12(6-16-18)10-3-4-19(8-10)15(21)17-13-5-11(9-23-13)14(20)22-2/h5-7,9-10H,3-4,8H2,1-2H3,(H,17,21)/t10-/m1/s1. The van der Waals surface area contributed by atoms with Crippen LogP contribution in [0.5, 0.6) is 0 Å². The molecule has 0 unspecified atom stereocenters. The molecule has 122 valence electrons. The number of esters is 1. The fourth-order valence-electron chi connectivity index (χ4n) is 2.68. The fraction of sp³-hybridized carbons (Fsp3) is 0.400. The van der Waals surface area contributed by atoms with E-state index in [1.165, 1.54) is 18.4 Å². The first kappa shape index (κ1) is 15.5. The van der Waals surface area contributed by atoms with Crippen LogP contribution in [-0.4, -0.2) is 46.9 Å². The molecule has 2 aromatic rings. The van der Waals surface area contributed by atoms with Gasteiger partial charge in [-0.05, 0) is 18.1 Å². The first-order valence-electron chi connectivity index (χ1n) is 7.28. The summed E-state index contributed by atoms with van der Waals surface area (Å²) >= 11 is 1.31. The molecule has 2 amide bonds. The summed E-state index contributed by atoms with van der Waals surface area (Å²) in [6.45, 7) is 1.38. The van der Waals surface area contributed by atoms with Gasteiger partial charge >= 0.3 is 12.0 Å². The lowest BCUT2D eigenvalue weighted by Gasteiger charge is -2.16. The van der Waals surface area contributed by atoms with Gasteiger partial charge in [0.25, 0.3) is 0 Å². The zero-order valence-corrected chi connectivity index (χ0v) is 13.8. The van der Waals surface area contributed by atoms with E-state index in [0.29, 0.717) is 29.6 Å². The van der Waals surface area contributed by atoms with Gasteiger partial charge in [-0.25, -0.2) is 9.59 Å². The highest BCUT2D eigenvalue weighted by Gasteiger charge is 2.28. The second-order valence-electron chi connectivity index (χ2n) is 5.50. The van der Waals surface area contributed by atoms with Crippen LogP contribution in [0, 0.1) is 0 Å². The predicted octanol–water partition coefficient (Wildman–Crippen LogP) is 2.29. The zero-order valence-electron chi connectivity index (χ0n) is 13.0. The Morgan fingerprint density at radius 2 is 2.30 bits per heavy atom. The van der Waals surface area contributed by atoms with Gasteiger partial charge in [0.2, 0.25) is 0 Å². The quantitative estimate of drug-likeness (QED) is 0.874. The number of ether oxygens (including phenoxy) is 1. The minimum absolute atomic E-state index is 0.144. The Hall–Kier alpha value is -2.35. The second-order valence-corrected chi connectivity index (χ2v) is 6.41. The highest BCUT2D eigenvalue weighted by Crippen LogP contribution is 2.28. The molecule has 2 aromatic heterocycles. The summed E-state index contributed by atoms with van der Waals surface area (Å²) in [6.07, 6.45) is 4.78. The highest BCUT2D eigenvalue weighted by atomic mass is 32.1. The van der Waals surface area contributed by atoms with E-state index in [9.17, 15) is 9.59 Å². The Labute approximate surface area is 137 Å². The van der Waals surface area contributed by atoms with Crippen molar-refractivity contribution in [2.45, 2.75) is 12.3 Å². The monoisotopic (exact) mass is 334 g/mol. The van der Waals surface area contributed by atoms with Crippen LogP contribution in [0.4, 0.5) is 9.80 Å². The summed E-state index contributed by atoms with van der Waals surface area (Å²) in [6, 6.07) is 1.48. The minimum atomic E-state index is -0.403. The number of aromatic nitrogens is 2. The van der Waals surface area contributed by atoms with Crippen molar-refractivity contribution in [3.05, 3.63) is 35.0 Å². The molecule has 7 nitrogen and oxygen atoms in total. The third-order valence-electron chi connectivity index (χ3n) is 3.92. The third-order valence-corrected chi connectivity index (χ3v) is 4.77. The molecule has 0 aliphatic carbocycles. The molecule has 1 aliphatic heterocycles. The molecule has 0 aromatic carbocycles. The molecular formula is C15H18N4O3S. The number of aryl methyl sites for hydroxylation is 1. The summed E-state index contributed by atoms with van der Waals surface area (Å²) in [5.41, 5.74) is 1.61. The maximum atomic E-state index is 12.3. The van der Waals surface area contributed by atoms with E-state index >= 15 is 0 Å². The number of nitrogens with zero attached hydrogens (tertiary/aromatic N) is 3. The molecule has 3 rings (SSSR count). The Kier molecular flexibility index (Phi) is 4.33. The molecule has 0 bridgehead atoms. The molecule has 0 saturated carbocycles. The summed E-state index contributed by atoms with van der Waals surface area (Å²) in [5, 5.41) is 9.33. The largest absolute Gasteiger partial charge is 0.465 e. The number of rotatable bonds is 3. The number of hydrogen-bond acceptors (Lipinski definition) is 5. The van der Waals surface area contributed by atoms with Crippen molar-refractivity contribution in [2.24, 2.45) is 7.05 Å². The van der Waals surface area contributed by atoms with Gasteiger partial charge in [0.1, 0.15) is 0 Å². The third kappa shape index (κ3) is 3.37. The van der Waals surface area contributed by atoms with Crippen LogP contribution in [0.2, 0.25) is 0 Å². The highest BCUT2D eigenvalue weighted by molar-refractivity contribution is 7.14. The molecule has 1 fully saturated rings. The van der Waals surface area contributed by atoms with Crippen molar-refractivity contribution in [1.29, 1.82) is 0 Å². The van der Waals surface area contributed by atoms with E-state index in [0.717, 1.165) is 12.0 Å². The Bertz CT molecular complexity index is 724. The van der Waals surface area contributed by atoms with Gasteiger partial charge < -0.3 is 9.64 Å². The van der Waals surface area contributed by atoms with Crippen LogP contribution in [0.25, 0.3) is 0 Å². The molecule has 1 atom stereocenters. The molecule has 23 heavy (non-hydrogen) atoms. The summed E-state index contributed by atoms with van der Waals surface area (Å²) in [4.78, 5) is 25.5. The van der Waals surface area contributed by atoms with Crippen LogP contribution < -0.4 is 5.32 Å². The topological polar surface area (TPSA) is 76.5 Å². The average molecular weight is 334 g/mol. The number of hydrogen-bond donors (Lipinski definition) is 1. The maximum absolute atomic E-state index is 12.3. The Morgan fingerprint density at radius 1 is 1.48 bits per heavy atom. The lowest BCUT2D eigenvalue weighted by molar-refractivity contribution is 0.0601. The van der Waals surface area contributed by atoms with Crippen molar-refractivity contribution in [3.63, 3.8) is 0 Å². The molecule has 0 radical (unpaired) electrons. The SMILES string of the molecule is COC(=O)c1csc(NC(=O)N2CC[C@@H](c3cnn(C)c3)C2)c1. The molecule has 1 saturated heterocycles. The normalized spacial score (nSPS) is 17.3. The summed E-state index contributed by atoms with van der Waals surface area (Å²) in [5.74, 6) is -0.0806. The van der Waals surface area contributed by atoms with Crippen LogP contribution in [0.3, 0.4) is 0 Å². The van der Waals surface area contributed by atoms with E-state index in [1.54, 1.807) is 21.0 Å². The lowest BCUT2D eigenvalue weighted by Crippen LogP contribution is -2.32. The fourth-order valence-corrected chi connectivity index (χ4v) is 3.44. The van der Waals surface area contributed by atoms with Gasteiger partial charge in [-0.3, -0.25) is 10.00 Å². The summed E-state index contributed by atoms with van der Waals surface area (Å²) < 4.78 is 6.43. The molecule has 1 aliphatic rings. The minimum Gasteiger partial charge on any atom is -0.465 e. The van der Waals surface area contributed by atoms with Crippen molar-refractivity contribution in [2.75, 3.05) is 25.5 Å². The zero-order chi connectivity index (χ0) is 16.4. The molecule has 8 heteroatoms. The van der Waals surface area contributed by atoms with Crippen LogP contribution in [-0.2, 0) is 11.8 Å². The maximum Gasteiger partial charge on any atom is 0.338 e. The van der Waals surface area contributed by atoms with Crippen molar-refractivity contribution in [3.8, 4) is 0 Å². The van der Waals surface area contributed by atoms with E-state index in [4.69, 9.17) is 0 Å². The number of likely N-dealkylation sites (tertiary alicyclic amines) is 1. The second kappa shape index (κ2) is 6.41. The number of amides is 2. The van der Waals surface area contributed by atoms with E-state index in [2.05, 4.69) is 15.2 Å². The summed E-state index contributed by atoms with van der Waals surface area (Å²) in [7, 11) is 3.22. The first-order valence-corrected chi connectivity index (χ1v) is 8.16. The van der Waals surface area contributed by atoms with Crippen molar-refractivity contribution >= 4 is 28.3 Å². The van der Waals surface area contributed by atoms with Crippen LogP contribution >= 0.6 is 11.3 Å². The number of nitrogens with one attached hydrogen (secondary N) is 1. The van der Waals surface area contributed by atoms with E-state index in [1.807, 2.05) is 19.4 Å². The number of thiophene rings is 1. The number of methoxy groups -OCH3 is 1. The van der Waals surface area contributed by atoms with Gasteiger partial charge in [-0.2, -0.15) is 5.10 Å². The van der Waals surface area contributed by atoms with Gasteiger partial charge in [0.05, 0.1) is 23.9 Å². The van der Waals surface area contributed by atoms with Crippen molar-refractivity contribution in [1.82, 2.24) is 14.7 Å². The smallest absolute Gasteiger partial charge is 0.338 e. The number of carbonyl (C=O) groups is 2. The van der Waals surface area contributed by atoms with E-state index in [-0.39, 0.29) is 6.03 Å². The molecular weight excluding hydrogens is 316 g/mol. The van der Waals surface area contributed by atoms with Crippen molar-refractivity contribution < 1.29 is 14.3 Å². The van der Waals surface area contributed by atoms with Gasteiger partial charge in [-0.1, -0.05) is 0 Å². The first-order chi connectivity index (χ1) is 11.1. The number of anilines is 1. The average Bonchev–Trinajstić information content (AvgIpc) is 3.25.